The number of halogens is 2. The van der Waals surface area contributed by atoms with Crippen LogP contribution in [-0.2, 0) is 20.4 Å². The van der Waals surface area contributed by atoms with E-state index in [0.717, 1.165) is 11.1 Å². The molecule has 0 bridgehead atoms. The van der Waals surface area contributed by atoms with E-state index in [1.807, 2.05) is 56.3 Å². The van der Waals surface area contributed by atoms with Crippen LogP contribution in [-0.4, -0.2) is 31.8 Å². The predicted molar refractivity (Wildman–Crippen MR) is 149 cm³/mol. The molecule has 3 aromatic rings. The number of nitrogens with two attached hydrogens (primary N) is 1. The van der Waals surface area contributed by atoms with Crippen molar-refractivity contribution in [1.82, 2.24) is 15.2 Å². The highest BCUT2D eigenvalue weighted by Crippen LogP contribution is 2.49. The zero-order chi connectivity index (χ0) is 27.7. The Bertz CT molecular complexity index is 1420. The van der Waals surface area contributed by atoms with Gasteiger partial charge in [0.05, 0.1) is 16.4 Å². The van der Waals surface area contributed by atoms with Crippen LogP contribution in [0.15, 0.2) is 83.8 Å². The lowest BCUT2D eigenvalue weighted by molar-refractivity contribution is -0.127. The van der Waals surface area contributed by atoms with Gasteiger partial charge in [0.2, 0.25) is 11.9 Å². The maximum Gasteiger partial charge on any atom is 0.264 e. The molecule has 200 valence electrons. The number of nitrogens with zero attached hydrogens (tertiary/aromatic N) is 1. The van der Waals surface area contributed by atoms with Crippen LogP contribution in [0, 0.1) is 17.2 Å². The molecule has 1 unspecified atom stereocenters. The molecule has 8 nitrogen and oxygen atoms in total. The van der Waals surface area contributed by atoms with E-state index in [9.17, 15) is 13.2 Å². The van der Waals surface area contributed by atoms with Crippen LogP contribution in [0.4, 0.5) is 0 Å². The van der Waals surface area contributed by atoms with Crippen molar-refractivity contribution < 1.29 is 13.2 Å². The second-order valence-corrected chi connectivity index (χ2v) is 12.1. The average Bonchev–Trinajstić information content (AvgIpc) is 3.26. The van der Waals surface area contributed by atoms with Gasteiger partial charge in [0.25, 0.3) is 10.0 Å². The monoisotopic (exact) mass is 573 g/mol. The van der Waals surface area contributed by atoms with E-state index in [-0.39, 0.29) is 23.3 Å². The minimum atomic E-state index is -4.08. The first kappa shape index (κ1) is 27.9. The van der Waals surface area contributed by atoms with E-state index in [1.165, 1.54) is 29.3 Å². The fourth-order valence-electron chi connectivity index (χ4n) is 5.27. The normalized spacial score (nSPS) is 20.3. The Morgan fingerprint density at radius 3 is 2.11 bits per heavy atom. The summed E-state index contributed by atoms with van der Waals surface area (Å²) in [5, 5.41) is 11.1. The molecule has 1 aliphatic rings. The number of sulfonamides is 1. The first-order valence-electron chi connectivity index (χ1n) is 12.0. The molecule has 0 aromatic heterocycles. The van der Waals surface area contributed by atoms with E-state index in [0.29, 0.717) is 10.0 Å². The minimum absolute atomic E-state index is 0.0355. The smallest absolute Gasteiger partial charge is 0.264 e. The maximum atomic E-state index is 13.0. The van der Waals surface area contributed by atoms with E-state index in [4.69, 9.17) is 34.3 Å². The number of amides is 1. The van der Waals surface area contributed by atoms with Gasteiger partial charge in [-0.3, -0.25) is 15.2 Å². The summed E-state index contributed by atoms with van der Waals surface area (Å²) in [4.78, 5) is 13.0. The third kappa shape index (κ3) is 5.37. The van der Waals surface area contributed by atoms with E-state index in [1.54, 1.807) is 12.1 Å². The number of primary amides is 1. The lowest BCUT2D eigenvalue weighted by Gasteiger charge is -2.43. The molecule has 0 radical (unpaired) electrons. The summed E-state index contributed by atoms with van der Waals surface area (Å²) in [6.07, 6.45) is 0. The number of benzene rings is 3. The highest BCUT2D eigenvalue weighted by molar-refractivity contribution is 7.90. The third-order valence-corrected chi connectivity index (χ3v) is 8.71. The minimum Gasteiger partial charge on any atom is -0.369 e. The van der Waals surface area contributed by atoms with Gasteiger partial charge < -0.3 is 5.73 Å². The Labute approximate surface area is 232 Å². The average molecular weight is 575 g/mol. The second kappa shape index (κ2) is 10.9. The number of carbonyl (C=O) groups is 1. The van der Waals surface area contributed by atoms with Crippen molar-refractivity contribution >= 4 is 45.1 Å². The topological polar surface area (TPSA) is 128 Å². The van der Waals surface area contributed by atoms with Crippen molar-refractivity contribution in [2.45, 2.75) is 30.2 Å². The number of hydrogen-bond acceptors (Lipinski definition) is 5. The van der Waals surface area contributed by atoms with E-state index < -0.39 is 33.3 Å². The van der Waals surface area contributed by atoms with Gasteiger partial charge in [-0.2, -0.15) is 0 Å². The molecule has 0 aliphatic carbocycles. The summed E-state index contributed by atoms with van der Waals surface area (Å²) in [7, 11) is -4.08. The maximum absolute atomic E-state index is 13.0. The quantitative estimate of drug-likeness (QED) is 0.245. The standard InChI is InChI=1S/C27H29Cl2N5O3S/c1-17(2)24(25(30)35)27(19-8-10-20(28)11-9-19)23(18-6-4-3-5-7-18)16-34(33-27)26(31)32-38(36,37)22-14-12-21(29)13-15-22/h3-15,17,23-24,33H,16H2,1-2H3,(H2,30,35)(H2,31,32)/t23-,24-,27?/m1/s1. The van der Waals surface area contributed by atoms with Gasteiger partial charge in [-0.1, -0.05) is 79.5 Å². The zero-order valence-corrected chi connectivity index (χ0v) is 23.2. The molecule has 3 aromatic carbocycles. The van der Waals surface area contributed by atoms with Crippen molar-refractivity contribution in [2.75, 3.05) is 6.54 Å². The predicted octanol–water partition coefficient (Wildman–Crippen LogP) is 4.46. The van der Waals surface area contributed by atoms with Crippen molar-refractivity contribution in [3.63, 3.8) is 0 Å². The van der Waals surface area contributed by atoms with Gasteiger partial charge in [0.15, 0.2) is 0 Å². The first-order chi connectivity index (χ1) is 18.0. The van der Waals surface area contributed by atoms with Gasteiger partial charge >= 0.3 is 0 Å². The molecule has 0 saturated carbocycles. The van der Waals surface area contributed by atoms with Crippen molar-refractivity contribution in [3.8, 4) is 0 Å². The Morgan fingerprint density at radius 1 is 1.03 bits per heavy atom. The third-order valence-electron chi connectivity index (χ3n) is 6.85. The first-order valence-corrected chi connectivity index (χ1v) is 14.2. The molecule has 4 rings (SSSR count). The summed E-state index contributed by atoms with van der Waals surface area (Å²) in [6, 6.07) is 22.4. The van der Waals surface area contributed by atoms with Crippen LogP contribution < -0.4 is 15.9 Å². The highest BCUT2D eigenvalue weighted by Gasteiger charge is 2.56. The Morgan fingerprint density at radius 2 is 1.58 bits per heavy atom. The Balaban J connectivity index is 1.82. The van der Waals surface area contributed by atoms with Gasteiger partial charge in [-0.15, -0.1) is 0 Å². The van der Waals surface area contributed by atoms with Crippen LogP contribution in [0.5, 0.6) is 0 Å². The molecule has 3 atom stereocenters. The molecule has 5 N–H and O–H groups in total. The SMILES string of the molecule is CC(C)[C@H](C(N)=O)C1(c2ccc(Cl)cc2)NN(C(=N)NS(=O)(=O)c2ccc(Cl)cc2)C[C@@H]1c1ccccc1. The van der Waals surface area contributed by atoms with E-state index in [2.05, 4.69) is 10.1 Å². The lowest BCUT2D eigenvalue weighted by Crippen LogP contribution is -2.58. The largest absolute Gasteiger partial charge is 0.369 e. The summed E-state index contributed by atoms with van der Waals surface area (Å²) in [6.45, 7) is 4.01. The van der Waals surface area contributed by atoms with E-state index >= 15 is 0 Å². The molecule has 1 heterocycles. The van der Waals surface area contributed by atoms with Gasteiger partial charge in [-0.25, -0.2) is 18.6 Å². The molecular formula is C27H29Cl2N5O3S. The number of carbonyl (C=O) groups excluding carboxylic acids is 1. The van der Waals surface area contributed by atoms with Crippen LogP contribution >= 0.6 is 23.2 Å². The molecule has 0 spiro atoms. The summed E-state index contributed by atoms with van der Waals surface area (Å²) in [5.41, 5.74) is 9.91. The number of guanidine groups is 1. The number of hydrazine groups is 1. The van der Waals surface area contributed by atoms with Gasteiger partial charge in [-0.05, 0) is 53.4 Å². The van der Waals surface area contributed by atoms with Crippen LogP contribution in [0.25, 0.3) is 0 Å². The van der Waals surface area contributed by atoms with Crippen LogP contribution in [0.2, 0.25) is 10.0 Å². The molecule has 1 amide bonds. The highest BCUT2D eigenvalue weighted by atomic mass is 35.5. The Hall–Kier alpha value is -3.11. The fraction of sp³-hybridized carbons (Fsp3) is 0.259. The van der Waals surface area contributed by atoms with Crippen molar-refractivity contribution in [2.24, 2.45) is 17.6 Å². The summed E-state index contributed by atoms with van der Waals surface area (Å²) in [5.74, 6) is -2.21. The van der Waals surface area contributed by atoms with Crippen LogP contribution in [0.1, 0.15) is 30.9 Å². The summed E-state index contributed by atoms with van der Waals surface area (Å²) < 4.78 is 28.4. The Kier molecular flexibility index (Phi) is 8.04. The molecule has 11 heteroatoms. The second-order valence-electron chi connectivity index (χ2n) is 9.59. The lowest BCUT2D eigenvalue weighted by atomic mass is 9.64. The number of hydrogen-bond donors (Lipinski definition) is 4. The molecule has 1 fully saturated rings. The molecular weight excluding hydrogens is 545 g/mol. The van der Waals surface area contributed by atoms with Gasteiger partial charge in [0, 0.05) is 22.5 Å². The molecule has 1 saturated heterocycles. The van der Waals surface area contributed by atoms with Gasteiger partial charge in [0.1, 0.15) is 0 Å². The molecule has 1 aliphatic heterocycles. The summed E-state index contributed by atoms with van der Waals surface area (Å²) >= 11 is 12.1. The molecule has 38 heavy (non-hydrogen) atoms. The van der Waals surface area contributed by atoms with Crippen molar-refractivity contribution in [1.29, 1.82) is 5.41 Å². The van der Waals surface area contributed by atoms with Crippen LogP contribution in [0.3, 0.4) is 0 Å². The number of rotatable bonds is 7. The fourth-order valence-corrected chi connectivity index (χ4v) is 6.49. The zero-order valence-electron chi connectivity index (χ0n) is 20.9. The number of nitrogens with one attached hydrogen (secondary N) is 3. The van der Waals surface area contributed by atoms with Crippen molar-refractivity contribution in [3.05, 3.63) is 100 Å².